The number of rotatable bonds is 9. The van der Waals surface area contributed by atoms with Crippen molar-refractivity contribution in [3.8, 4) is 0 Å². The van der Waals surface area contributed by atoms with Crippen LogP contribution in [0.3, 0.4) is 0 Å². The number of nitrogens with two attached hydrogens (primary N) is 1. The normalized spacial score (nSPS) is 18.8. The highest BCUT2D eigenvalue weighted by Crippen LogP contribution is 2.32. The molecule has 2 amide bonds. The molecule has 174 valence electrons. The topological polar surface area (TPSA) is 146 Å². The van der Waals surface area contributed by atoms with Gasteiger partial charge in [0.1, 0.15) is 11.9 Å². The van der Waals surface area contributed by atoms with Crippen molar-refractivity contribution in [3.63, 3.8) is 0 Å². The zero-order valence-electron chi connectivity index (χ0n) is 18.4. The second kappa shape index (κ2) is 10.6. The molecular weight excluding hydrogens is 424 g/mol. The van der Waals surface area contributed by atoms with Gasteiger partial charge in [0.05, 0.1) is 18.5 Å². The number of nitrogens with zero attached hydrogens (tertiary/aromatic N) is 1. The second-order valence-corrected chi connectivity index (χ2v) is 8.07. The van der Waals surface area contributed by atoms with Gasteiger partial charge in [-0.1, -0.05) is 54.6 Å². The summed E-state index contributed by atoms with van der Waals surface area (Å²) in [4.78, 5) is 37.7. The van der Waals surface area contributed by atoms with Crippen LogP contribution >= 0.6 is 0 Å². The average molecular weight is 453 g/mol. The Hall–Kier alpha value is -3.88. The van der Waals surface area contributed by atoms with Gasteiger partial charge in [-0.25, -0.2) is 4.79 Å². The summed E-state index contributed by atoms with van der Waals surface area (Å²) in [5.41, 5.74) is 7.77. The third-order valence-corrected chi connectivity index (χ3v) is 5.71. The standard InChI is InChI=1S/C24H28N4O5/c1-28-20(16-7-9-17(10-8-16)23(25)26)13-18(33-24(28)32)14-21(29)27-19(11-12-22(30)31)15-5-3-2-4-6-15/h2-10,18-20H,11-14H2,1H3,(H3,25,26)(H,27,29)(H,30,31). The quantitative estimate of drug-likeness (QED) is 0.340. The van der Waals surface area contributed by atoms with Crippen LogP contribution in [0.1, 0.15) is 54.5 Å². The van der Waals surface area contributed by atoms with Crippen molar-refractivity contribution in [3.05, 3.63) is 71.3 Å². The number of aliphatic carboxylic acids is 1. The molecule has 9 heteroatoms. The van der Waals surface area contributed by atoms with Gasteiger partial charge in [-0.05, 0) is 17.5 Å². The first kappa shape index (κ1) is 23.8. The van der Waals surface area contributed by atoms with Crippen molar-refractivity contribution in [2.75, 3.05) is 7.05 Å². The van der Waals surface area contributed by atoms with Crippen molar-refractivity contribution in [1.82, 2.24) is 10.2 Å². The first-order valence-corrected chi connectivity index (χ1v) is 10.7. The van der Waals surface area contributed by atoms with E-state index in [0.29, 0.717) is 12.0 Å². The molecule has 3 unspecified atom stereocenters. The molecule has 0 aromatic heterocycles. The van der Waals surface area contributed by atoms with E-state index < -0.39 is 24.2 Å². The molecule has 9 nitrogen and oxygen atoms in total. The summed E-state index contributed by atoms with van der Waals surface area (Å²) in [7, 11) is 1.64. The molecule has 0 radical (unpaired) electrons. The summed E-state index contributed by atoms with van der Waals surface area (Å²) in [6, 6.07) is 15.5. The first-order valence-electron chi connectivity index (χ1n) is 10.7. The summed E-state index contributed by atoms with van der Waals surface area (Å²) in [5.74, 6) is -1.29. The van der Waals surface area contributed by atoms with Crippen LogP contribution in [0.4, 0.5) is 4.79 Å². The van der Waals surface area contributed by atoms with E-state index >= 15 is 0 Å². The molecule has 2 aromatic carbocycles. The fourth-order valence-electron chi connectivity index (χ4n) is 3.91. The Morgan fingerprint density at radius 3 is 2.48 bits per heavy atom. The van der Waals surface area contributed by atoms with Crippen LogP contribution in [-0.2, 0) is 14.3 Å². The lowest BCUT2D eigenvalue weighted by Gasteiger charge is -2.37. The Labute approximate surface area is 192 Å². The number of cyclic esters (lactones) is 1. The minimum absolute atomic E-state index is 0.0297. The molecule has 1 heterocycles. The highest BCUT2D eigenvalue weighted by atomic mass is 16.6. The molecule has 3 atom stereocenters. The minimum Gasteiger partial charge on any atom is -0.481 e. The highest BCUT2D eigenvalue weighted by Gasteiger charge is 2.35. The number of carboxylic acids is 1. The SMILES string of the molecule is CN1C(=O)OC(CC(=O)NC(CCC(=O)O)c2ccccc2)CC1c1ccc(C(=N)N)cc1. The number of amidine groups is 1. The molecule has 1 aliphatic heterocycles. The minimum atomic E-state index is -0.937. The van der Waals surface area contributed by atoms with Crippen LogP contribution in [0, 0.1) is 5.41 Å². The predicted octanol–water partition coefficient (Wildman–Crippen LogP) is 2.96. The number of carboxylic acid groups (broad SMARTS) is 1. The summed E-state index contributed by atoms with van der Waals surface area (Å²) in [5, 5.41) is 19.5. The molecule has 3 rings (SSSR count). The average Bonchev–Trinajstić information content (AvgIpc) is 2.79. The predicted molar refractivity (Wildman–Crippen MR) is 122 cm³/mol. The molecule has 1 fully saturated rings. The third-order valence-electron chi connectivity index (χ3n) is 5.71. The molecule has 1 saturated heterocycles. The van der Waals surface area contributed by atoms with Crippen molar-refractivity contribution in [2.24, 2.45) is 5.73 Å². The van der Waals surface area contributed by atoms with Gasteiger partial charge in [0.2, 0.25) is 5.91 Å². The van der Waals surface area contributed by atoms with Crippen LogP contribution in [0.2, 0.25) is 0 Å². The summed E-state index contributed by atoms with van der Waals surface area (Å²) in [6.45, 7) is 0. The Kier molecular flexibility index (Phi) is 7.66. The summed E-state index contributed by atoms with van der Waals surface area (Å²) < 4.78 is 5.45. The molecule has 0 aliphatic carbocycles. The van der Waals surface area contributed by atoms with Crippen LogP contribution in [0.5, 0.6) is 0 Å². The number of carbonyl (C=O) groups is 3. The lowest BCUT2D eigenvalue weighted by atomic mass is 9.95. The molecule has 2 aromatic rings. The van der Waals surface area contributed by atoms with E-state index in [0.717, 1.165) is 11.1 Å². The molecule has 1 aliphatic rings. The number of hydrogen-bond acceptors (Lipinski definition) is 5. The summed E-state index contributed by atoms with van der Waals surface area (Å²) in [6.07, 6.45) is -0.588. The van der Waals surface area contributed by atoms with Crippen LogP contribution in [-0.4, -0.2) is 47.0 Å². The van der Waals surface area contributed by atoms with Gasteiger partial charge in [-0.15, -0.1) is 0 Å². The maximum absolute atomic E-state index is 12.8. The van der Waals surface area contributed by atoms with E-state index in [1.54, 1.807) is 19.2 Å². The van der Waals surface area contributed by atoms with Crippen molar-refractivity contribution in [1.29, 1.82) is 5.41 Å². The number of ether oxygens (including phenoxy) is 1. The number of nitrogens with one attached hydrogen (secondary N) is 2. The van der Waals surface area contributed by atoms with Gasteiger partial charge in [-0.2, -0.15) is 0 Å². The van der Waals surface area contributed by atoms with E-state index in [2.05, 4.69) is 5.32 Å². The zero-order valence-corrected chi connectivity index (χ0v) is 18.4. The van der Waals surface area contributed by atoms with Crippen LogP contribution < -0.4 is 11.1 Å². The lowest BCUT2D eigenvalue weighted by molar-refractivity contribution is -0.137. The maximum atomic E-state index is 12.8. The lowest BCUT2D eigenvalue weighted by Crippen LogP contribution is -2.43. The van der Waals surface area contributed by atoms with E-state index in [1.165, 1.54) is 4.90 Å². The van der Waals surface area contributed by atoms with Gasteiger partial charge in [0.25, 0.3) is 0 Å². The monoisotopic (exact) mass is 452 g/mol. The Morgan fingerprint density at radius 1 is 1.21 bits per heavy atom. The number of hydrogen-bond donors (Lipinski definition) is 4. The Morgan fingerprint density at radius 2 is 1.88 bits per heavy atom. The summed E-state index contributed by atoms with van der Waals surface area (Å²) >= 11 is 0. The van der Waals surface area contributed by atoms with E-state index in [4.69, 9.17) is 21.0 Å². The number of amides is 2. The highest BCUT2D eigenvalue weighted by molar-refractivity contribution is 5.94. The van der Waals surface area contributed by atoms with Gasteiger partial charge in [0, 0.05) is 25.5 Å². The third kappa shape index (κ3) is 6.31. The zero-order chi connectivity index (χ0) is 24.0. The van der Waals surface area contributed by atoms with Gasteiger partial charge >= 0.3 is 12.1 Å². The van der Waals surface area contributed by atoms with Crippen molar-refractivity contribution >= 4 is 23.8 Å². The fraction of sp³-hybridized carbons (Fsp3) is 0.333. The van der Waals surface area contributed by atoms with Crippen molar-refractivity contribution in [2.45, 2.75) is 43.9 Å². The maximum Gasteiger partial charge on any atom is 0.410 e. The molecule has 0 bridgehead atoms. The molecule has 33 heavy (non-hydrogen) atoms. The van der Waals surface area contributed by atoms with E-state index in [1.807, 2.05) is 42.5 Å². The molecule has 0 spiro atoms. The number of carbonyl (C=O) groups excluding carboxylic acids is 2. The van der Waals surface area contributed by atoms with Gasteiger partial charge in [0.15, 0.2) is 0 Å². The fourth-order valence-corrected chi connectivity index (χ4v) is 3.91. The van der Waals surface area contributed by atoms with Gasteiger partial charge in [-0.3, -0.25) is 15.0 Å². The first-order chi connectivity index (χ1) is 15.7. The molecule has 0 saturated carbocycles. The number of benzene rings is 2. The van der Waals surface area contributed by atoms with E-state index in [-0.39, 0.29) is 37.0 Å². The van der Waals surface area contributed by atoms with Gasteiger partial charge < -0.3 is 25.8 Å². The Balaban J connectivity index is 1.68. The van der Waals surface area contributed by atoms with Crippen LogP contribution in [0.15, 0.2) is 54.6 Å². The largest absolute Gasteiger partial charge is 0.481 e. The number of nitrogen functional groups attached to an aromatic ring is 1. The molecule has 5 N–H and O–H groups in total. The van der Waals surface area contributed by atoms with Crippen molar-refractivity contribution < 1.29 is 24.2 Å². The van der Waals surface area contributed by atoms with Crippen LogP contribution in [0.25, 0.3) is 0 Å². The van der Waals surface area contributed by atoms with E-state index in [9.17, 15) is 14.4 Å². The Bertz CT molecular complexity index is 1010. The molecular formula is C24H28N4O5. The smallest absolute Gasteiger partial charge is 0.410 e. The second-order valence-electron chi connectivity index (χ2n) is 8.07.